The third-order valence-electron chi connectivity index (χ3n) is 3.31. The number of aromatic nitrogens is 1. The zero-order chi connectivity index (χ0) is 18.9. The van der Waals surface area contributed by atoms with Crippen molar-refractivity contribution in [3.8, 4) is 11.5 Å². The number of carbonyl (C=O) groups is 1. The lowest BCUT2D eigenvalue weighted by Gasteiger charge is -2.13. The van der Waals surface area contributed by atoms with E-state index in [0.717, 1.165) is 11.4 Å². The molecule has 1 amide bonds. The molecule has 1 heterocycles. The van der Waals surface area contributed by atoms with Gasteiger partial charge in [0.15, 0.2) is 0 Å². The summed E-state index contributed by atoms with van der Waals surface area (Å²) in [6.07, 6.45) is 1.40. The number of hydrogen-bond acceptors (Lipinski definition) is 6. The van der Waals surface area contributed by atoms with Crippen LogP contribution in [-0.2, 0) is 13.0 Å². The molecule has 10 heteroatoms. The standard InChI is InChI=1S/C17H21F2N3O3S.ClH/c1-2-7-24-12-4-3-11(14(8-12)25-17(18)19)9-21-16(23)13-10-26-15(22-13)5-6-20;/h3-4,8,10,17H,2,5-7,9,20H2,1H3,(H,21,23);1H. The fourth-order valence-corrected chi connectivity index (χ4v) is 2.91. The zero-order valence-electron chi connectivity index (χ0n) is 14.7. The van der Waals surface area contributed by atoms with Gasteiger partial charge < -0.3 is 20.5 Å². The van der Waals surface area contributed by atoms with Crippen molar-refractivity contribution in [1.29, 1.82) is 0 Å². The smallest absolute Gasteiger partial charge is 0.387 e. The van der Waals surface area contributed by atoms with E-state index in [0.29, 0.717) is 30.9 Å². The first-order chi connectivity index (χ1) is 12.5. The van der Waals surface area contributed by atoms with Gasteiger partial charge in [-0.3, -0.25) is 4.79 Å². The number of thiazole rings is 1. The van der Waals surface area contributed by atoms with Crippen LogP contribution in [0.5, 0.6) is 11.5 Å². The molecule has 0 atom stereocenters. The molecule has 0 saturated carbocycles. The van der Waals surface area contributed by atoms with Crippen LogP contribution in [0, 0.1) is 0 Å². The maximum Gasteiger partial charge on any atom is 0.387 e. The molecular formula is C17H22ClF2N3O3S. The van der Waals surface area contributed by atoms with E-state index in [4.69, 9.17) is 10.5 Å². The normalized spacial score (nSPS) is 10.4. The summed E-state index contributed by atoms with van der Waals surface area (Å²) in [5.41, 5.74) is 6.15. The fourth-order valence-electron chi connectivity index (χ4n) is 2.12. The van der Waals surface area contributed by atoms with Crippen molar-refractivity contribution >= 4 is 29.7 Å². The lowest BCUT2D eigenvalue weighted by Crippen LogP contribution is -2.23. The Balaban J connectivity index is 0.00000364. The average molecular weight is 422 g/mol. The Bertz CT molecular complexity index is 731. The van der Waals surface area contributed by atoms with Gasteiger partial charge >= 0.3 is 6.61 Å². The van der Waals surface area contributed by atoms with Gasteiger partial charge in [-0.2, -0.15) is 8.78 Å². The van der Waals surface area contributed by atoms with Gasteiger partial charge in [0.25, 0.3) is 5.91 Å². The lowest BCUT2D eigenvalue weighted by atomic mass is 10.2. The molecule has 6 nitrogen and oxygen atoms in total. The molecule has 150 valence electrons. The molecule has 0 fully saturated rings. The number of rotatable bonds is 10. The van der Waals surface area contributed by atoms with Crippen LogP contribution in [0.25, 0.3) is 0 Å². The van der Waals surface area contributed by atoms with Crippen LogP contribution in [0.15, 0.2) is 23.6 Å². The third-order valence-corrected chi connectivity index (χ3v) is 4.22. The van der Waals surface area contributed by atoms with Crippen LogP contribution in [0.3, 0.4) is 0 Å². The highest BCUT2D eigenvalue weighted by atomic mass is 35.5. The Labute approximate surface area is 166 Å². The van der Waals surface area contributed by atoms with Gasteiger partial charge in [-0.1, -0.05) is 6.92 Å². The number of hydrogen-bond donors (Lipinski definition) is 2. The SMILES string of the molecule is CCCOc1ccc(CNC(=O)c2csc(CCN)n2)c(OC(F)F)c1.Cl. The third kappa shape index (κ3) is 7.28. The molecule has 0 bridgehead atoms. The number of amides is 1. The van der Waals surface area contributed by atoms with E-state index in [1.54, 1.807) is 17.5 Å². The molecule has 2 rings (SSSR count). The molecule has 3 N–H and O–H groups in total. The molecule has 0 spiro atoms. The van der Waals surface area contributed by atoms with Gasteiger partial charge in [0.1, 0.15) is 17.2 Å². The Morgan fingerprint density at radius 2 is 2.19 bits per heavy atom. The zero-order valence-corrected chi connectivity index (χ0v) is 16.4. The molecule has 27 heavy (non-hydrogen) atoms. The number of nitrogens with one attached hydrogen (secondary N) is 1. The first-order valence-corrected chi connectivity index (χ1v) is 9.04. The van der Waals surface area contributed by atoms with Crippen LogP contribution in [-0.4, -0.2) is 30.7 Å². The van der Waals surface area contributed by atoms with Crippen LogP contribution >= 0.6 is 23.7 Å². The van der Waals surface area contributed by atoms with E-state index < -0.39 is 6.61 Å². The topological polar surface area (TPSA) is 86.5 Å². The second-order valence-electron chi connectivity index (χ2n) is 5.34. The van der Waals surface area contributed by atoms with Gasteiger partial charge in [0, 0.05) is 30.0 Å². The molecule has 0 aliphatic carbocycles. The van der Waals surface area contributed by atoms with Crippen molar-refractivity contribution < 1.29 is 23.0 Å². The molecule has 1 aromatic carbocycles. The highest BCUT2D eigenvalue weighted by Crippen LogP contribution is 2.27. The van der Waals surface area contributed by atoms with Crippen molar-refractivity contribution in [3.05, 3.63) is 39.8 Å². The minimum atomic E-state index is -2.97. The van der Waals surface area contributed by atoms with Gasteiger partial charge in [0.2, 0.25) is 0 Å². The summed E-state index contributed by atoms with van der Waals surface area (Å²) in [4.78, 5) is 16.4. The number of benzene rings is 1. The number of ether oxygens (including phenoxy) is 2. The summed E-state index contributed by atoms with van der Waals surface area (Å²) in [6, 6.07) is 4.63. The largest absolute Gasteiger partial charge is 0.493 e. The van der Waals surface area contributed by atoms with Crippen molar-refractivity contribution in [3.63, 3.8) is 0 Å². The van der Waals surface area contributed by atoms with Gasteiger partial charge in [0.05, 0.1) is 11.6 Å². The lowest BCUT2D eigenvalue weighted by molar-refractivity contribution is -0.0505. The van der Waals surface area contributed by atoms with E-state index in [1.165, 1.54) is 17.4 Å². The van der Waals surface area contributed by atoms with E-state index in [-0.39, 0.29) is 36.3 Å². The quantitative estimate of drug-likeness (QED) is 0.614. The van der Waals surface area contributed by atoms with Crippen LogP contribution in [0.1, 0.15) is 34.4 Å². The number of nitrogens with zero attached hydrogens (tertiary/aromatic N) is 1. The summed E-state index contributed by atoms with van der Waals surface area (Å²) in [5.74, 6) is 0.0123. The van der Waals surface area contributed by atoms with Crippen molar-refractivity contribution in [2.45, 2.75) is 32.9 Å². The van der Waals surface area contributed by atoms with Crippen LogP contribution in [0.2, 0.25) is 0 Å². The summed E-state index contributed by atoms with van der Waals surface area (Å²) in [5, 5.41) is 5.07. The summed E-state index contributed by atoms with van der Waals surface area (Å²) in [6.45, 7) is -0.0753. The van der Waals surface area contributed by atoms with E-state index in [9.17, 15) is 13.6 Å². The second kappa shape index (κ2) is 11.7. The average Bonchev–Trinajstić information content (AvgIpc) is 3.07. The van der Waals surface area contributed by atoms with Crippen molar-refractivity contribution in [2.24, 2.45) is 5.73 Å². The molecule has 0 aliphatic heterocycles. The molecular weight excluding hydrogens is 400 g/mol. The molecule has 0 radical (unpaired) electrons. The van der Waals surface area contributed by atoms with E-state index in [2.05, 4.69) is 15.0 Å². The Morgan fingerprint density at radius 1 is 1.41 bits per heavy atom. The monoisotopic (exact) mass is 421 g/mol. The molecule has 2 aromatic rings. The Kier molecular flexibility index (Phi) is 9.98. The maximum absolute atomic E-state index is 12.7. The van der Waals surface area contributed by atoms with Gasteiger partial charge in [-0.05, 0) is 25.1 Å². The summed E-state index contributed by atoms with van der Waals surface area (Å²) >= 11 is 1.35. The first-order valence-electron chi connectivity index (χ1n) is 8.16. The first kappa shape index (κ1) is 23.1. The van der Waals surface area contributed by atoms with E-state index in [1.807, 2.05) is 6.92 Å². The predicted octanol–water partition coefficient (Wildman–Crippen LogP) is 3.39. The fraction of sp³-hybridized carbons (Fsp3) is 0.412. The van der Waals surface area contributed by atoms with Gasteiger partial charge in [-0.15, -0.1) is 23.7 Å². The molecule has 0 aliphatic rings. The van der Waals surface area contributed by atoms with Crippen molar-refractivity contribution in [1.82, 2.24) is 10.3 Å². The van der Waals surface area contributed by atoms with Gasteiger partial charge in [-0.25, -0.2) is 4.98 Å². The molecule has 0 saturated heterocycles. The molecule has 1 aromatic heterocycles. The van der Waals surface area contributed by atoms with Crippen LogP contribution < -0.4 is 20.5 Å². The minimum absolute atomic E-state index is 0. The molecule has 0 unspecified atom stereocenters. The Morgan fingerprint density at radius 3 is 2.85 bits per heavy atom. The minimum Gasteiger partial charge on any atom is -0.493 e. The highest BCUT2D eigenvalue weighted by molar-refractivity contribution is 7.09. The van der Waals surface area contributed by atoms with E-state index >= 15 is 0 Å². The number of alkyl halides is 2. The predicted molar refractivity (Wildman–Crippen MR) is 102 cm³/mol. The maximum atomic E-state index is 12.7. The number of carbonyl (C=O) groups excluding carboxylic acids is 1. The summed E-state index contributed by atoms with van der Waals surface area (Å²) in [7, 11) is 0. The number of halogens is 3. The highest BCUT2D eigenvalue weighted by Gasteiger charge is 2.14. The van der Waals surface area contributed by atoms with Crippen LogP contribution in [0.4, 0.5) is 8.78 Å². The Hall–Kier alpha value is -1.97. The second-order valence-corrected chi connectivity index (χ2v) is 6.29. The summed E-state index contributed by atoms with van der Waals surface area (Å²) < 4.78 is 35.3. The van der Waals surface area contributed by atoms with Crippen molar-refractivity contribution in [2.75, 3.05) is 13.2 Å². The number of nitrogens with two attached hydrogens (primary N) is 1.